The monoisotopic (exact) mass is 277 g/mol. The second kappa shape index (κ2) is 5.10. The molecule has 0 aromatic carbocycles. The molecule has 1 aromatic rings. The lowest BCUT2D eigenvalue weighted by atomic mass is 9.99. The quantitative estimate of drug-likeness (QED) is 0.811. The zero-order valence-electron chi connectivity index (χ0n) is 11.9. The molecule has 0 saturated carbocycles. The molecular formula is C14H19N3O3. The minimum absolute atomic E-state index is 0.394. The highest BCUT2D eigenvalue weighted by atomic mass is 16.5. The van der Waals surface area contributed by atoms with Crippen LogP contribution in [0.25, 0.3) is 0 Å². The number of fused-ring (bicyclic) bond motifs is 1. The van der Waals surface area contributed by atoms with Crippen LogP contribution >= 0.6 is 0 Å². The van der Waals surface area contributed by atoms with E-state index >= 15 is 0 Å². The smallest absolute Gasteiger partial charge is 0.357 e. The van der Waals surface area contributed by atoms with Crippen LogP contribution in [0.1, 0.15) is 47.3 Å². The third kappa shape index (κ3) is 2.19. The van der Waals surface area contributed by atoms with Crippen molar-refractivity contribution in [3.8, 4) is 0 Å². The maximum Gasteiger partial charge on any atom is 0.357 e. The summed E-state index contributed by atoms with van der Waals surface area (Å²) in [4.78, 5) is 21.1. The van der Waals surface area contributed by atoms with E-state index < -0.39 is 11.6 Å². The summed E-state index contributed by atoms with van der Waals surface area (Å²) in [5.74, 6) is 0.200. The fourth-order valence-electron chi connectivity index (χ4n) is 2.82. The van der Waals surface area contributed by atoms with Gasteiger partial charge >= 0.3 is 5.97 Å². The number of carbonyl (C=O) groups is 1. The molecule has 1 aromatic heterocycles. The lowest BCUT2D eigenvalue weighted by Crippen LogP contribution is -2.32. The van der Waals surface area contributed by atoms with Crippen molar-refractivity contribution in [1.82, 2.24) is 15.3 Å². The van der Waals surface area contributed by atoms with Gasteiger partial charge in [-0.25, -0.2) is 14.8 Å². The number of methoxy groups -OCH3 is 1. The van der Waals surface area contributed by atoms with Crippen LogP contribution in [-0.4, -0.2) is 36.2 Å². The number of hydrogen-bond donors (Lipinski definition) is 1. The van der Waals surface area contributed by atoms with Crippen LogP contribution in [0, 0.1) is 0 Å². The molecule has 0 spiro atoms. The summed E-state index contributed by atoms with van der Waals surface area (Å²) in [6, 6.07) is 0. The highest BCUT2D eigenvalue weighted by Gasteiger charge is 2.37. The lowest BCUT2D eigenvalue weighted by molar-refractivity contribution is 0.00873. The number of aromatic nitrogens is 2. The molecule has 108 valence electrons. The molecule has 0 bridgehead atoms. The number of esters is 1. The van der Waals surface area contributed by atoms with Gasteiger partial charge < -0.3 is 14.8 Å². The van der Waals surface area contributed by atoms with Crippen molar-refractivity contribution in [2.24, 2.45) is 0 Å². The van der Waals surface area contributed by atoms with Gasteiger partial charge in [0.2, 0.25) is 0 Å². The Hall–Kier alpha value is -1.53. The van der Waals surface area contributed by atoms with Crippen LogP contribution in [0.4, 0.5) is 0 Å². The van der Waals surface area contributed by atoms with Crippen molar-refractivity contribution in [2.45, 2.75) is 38.3 Å². The van der Waals surface area contributed by atoms with E-state index in [1.807, 2.05) is 6.92 Å². The van der Waals surface area contributed by atoms with Gasteiger partial charge in [-0.05, 0) is 32.7 Å². The van der Waals surface area contributed by atoms with E-state index in [1.54, 1.807) is 0 Å². The van der Waals surface area contributed by atoms with Crippen molar-refractivity contribution >= 4 is 5.97 Å². The zero-order valence-corrected chi connectivity index (χ0v) is 11.9. The minimum atomic E-state index is -0.491. The average molecular weight is 277 g/mol. The second-order valence-corrected chi connectivity index (χ2v) is 5.42. The first-order chi connectivity index (χ1) is 9.64. The third-order valence-electron chi connectivity index (χ3n) is 4.01. The fraction of sp³-hybridized carbons (Fsp3) is 0.643. The highest BCUT2D eigenvalue weighted by Crippen LogP contribution is 2.34. The third-order valence-corrected chi connectivity index (χ3v) is 4.01. The van der Waals surface area contributed by atoms with Crippen molar-refractivity contribution in [3.63, 3.8) is 0 Å². The first-order valence-electron chi connectivity index (χ1n) is 6.97. The molecule has 1 fully saturated rings. The van der Waals surface area contributed by atoms with Crippen LogP contribution in [0.2, 0.25) is 0 Å². The summed E-state index contributed by atoms with van der Waals surface area (Å²) >= 11 is 0. The molecule has 1 saturated heterocycles. The summed E-state index contributed by atoms with van der Waals surface area (Å²) in [6.45, 7) is 4.18. The van der Waals surface area contributed by atoms with Crippen LogP contribution in [0.15, 0.2) is 0 Å². The highest BCUT2D eigenvalue weighted by molar-refractivity contribution is 5.89. The standard InChI is InChI=1S/C14H19N3O3/c1-14(5-3-7-20-14)13-16-10-8-15-6-4-9(10)11(17-13)12(18)19-2/h15H,3-8H2,1-2H3. The molecule has 1 unspecified atom stereocenters. The SMILES string of the molecule is COC(=O)c1nc(C2(C)CCCO2)nc2c1CCNC2. The Labute approximate surface area is 117 Å². The van der Waals surface area contributed by atoms with Crippen LogP contribution in [0.5, 0.6) is 0 Å². The molecule has 3 rings (SSSR count). The molecule has 2 aliphatic rings. The topological polar surface area (TPSA) is 73.3 Å². The van der Waals surface area contributed by atoms with Gasteiger partial charge in [0, 0.05) is 18.7 Å². The van der Waals surface area contributed by atoms with Gasteiger partial charge in [-0.1, -0.05) is 0 Å². The first kappa shape index (κ1) is 13.5. The van der Waals surface area contributed by atoms with E-state index in [0.29, 0.717) is 24.7 Å². The van der Waals surface area contributed by atoms with Crippen molar-refractivity contribution in [3.05, 3.63) is 22.8 Å². The first-order valence-corrected chi connectivity index (χ1v) is 6.97. The molecule has 1 N–H and O–H groups in total. The molecule has 0 aliphatic carbocycles. The molecule has 3 heterocycles. The summed E-state index contributed by atoms with van der Waals surface area (Å²) in [5.41, 5.74) is 1.69. The Morgan fingerprint density at radius 1 is 1.45 bits per heavy atom. The summed E-state index contributed by atoms with van der Waals surface area (Å²) < 4.78 is 10.7. The van der Waals surface area contributed by atoms with Gasteiger partial charge in [0.15, 0.2) is 11.5 Å². The van der Waals surface area contributed by atoms with Gasteiger partial charge in [0.05, 0.1) is 12.8 Å². The maximum atomic E-state index is 12.0. The fourth-order valence-corrected chi connectivity index (χ4v) is 2.82. The van der Waals surface area contributed by atoms with Gasteiger partial charge in [-0.3, -0.25) is 0 Å². The Kier molecular flexibility index (Phi) is 3.43. The molecule has 1 atom stereocenters. The average Bonchev–Trinajstić information content (AvgIpc) is 2.93. The summed E-state index contributed by atoms with van der Waals surface area (Å²) in [7, 11) is 1.38. The molecule has 6 heteroatoms. The molecular weight excluding hydrogens is 258 g/mol. The van der Waals surface area contributed by atoms with Crippen LogP contribution < -0.4 is 5.32 Å². The Morgan fingerprint density at radius 3 is 3.00 bits per heavy atom. The Balaban J connectivity index is 2.10. The van der Waals surface area contributed by atoms with Crippen LogP contribution in [-0.2, 0) is 28.0 Å². The minimum Gasteiger partial charge on any atom is -0.464 e. The number of hydrogen-bond acceptors (Lipinski definition) is 6. The number of rotatable bonds is 2. The van der Waals surface area contributed by atoms with E-state index in [9.17, 15) is 4.79 Å². The molecule has 20 heavy (non-hydrogen) atoms. The number of carbonyl (C=O) groups excluding carboxylic acids is 1. The second-order valence-electron chi connectivity index (χ2n) is 5.42. The van der Waals surface area contributed by atoms with Gasteiger partial charge in [0.25, 0.3) is 0 Å². The van der Waals surface area contributed by atoms with Gasteiger partial charge in [-0.15, -0.1) is 0 Å². The van der Waals surface area contributed by atoms with Gasteiger partial charge in [0.1, 0.15) is 5.60 Å². The van der Waals surface area contributed by atoms with Crippen molar-refractivity contribution < 1.29 is 14.3 Å². The zero-order chi connectivity index (χ0) is 14.2. The van der Waals surface area contributed by atoms with E-state index in [0.717, 1.165) is 37.1 Å². The predicted molar refractivity (Wildman–Crippen MR) is 71.3 cm³/mol. The molecule has 0 amide bonds. The van der Waals surface area contributed by atoms with Crippen molar-refractivity contribution in [2.75, 3.05) is 20.3 Å². The number of nitrogens with one attached hydrogen (secondary N) is 1. The normalized spacial score (nSPS) is 25.3. The van der Waals surface area contributed by atoms with E-state index in [2.05, 4.69) is 15.3 Å². The van der Waals surface area contributed by atoms with E-state index in [-0.39, 0.29) is 0 Å². The maximum absolute atomic E-state index is 12.0. The van der Waals surface area contributed by atoms with Crippen LogP contribution in [0.3, 0.4) is 0 Å². The van der Waals surface area contributed by atoms with E-state index in [1.165, 1.54) is 7.11 Å². The number of ether oxygens (including phenoxy) is 2. The molecule has 6 nitrogen and oxygen atoms in total. The summed E-state index contributed by atoms with van der Waals surface area (Å²) in [5, 5.41) is 3.27. The number of nitrogens with zero attached hydrogens (tertiary/aromatic N) is 2. The molecule has 2 aliphatic heterocycles. The predicted octanol–water partition coefficient (Wildman–Crippen LogP) is 0.934. The Morgan fingerprint density at radius 2 is 2.30 bits per heavy atom. The molecule has 0 radical (unpaired) electrons. The lowest BCUT2D eigenvalue weighted by Gasteiger charge is -2.25. The van der Waals surface area contributed by atoms with Crippen molar-refractivity contribution in [1.29, 1.82) is 0 Å². The largest absolute Gasteiger partial charge is 0.464 e. The summed E-state index contributed by atoms with van der Waals surface area (Å²) in [6.07, 6.45) is 2.61. The van der Waals surface area contributed by atoms with E-state index in [4.69, 9.17) is 9.47 Å². The van der Waals surface area contributed by atoms with Gasteiger partial charge in [-0.2, -0.15) is 0 Å². The Bertz CT molecular complexity index is 539.